The summed E-state index contributed by atoms with van der Waals surface area (Å²) in [7, 11) is -3.28. The van der Waals surface area contributed by atoms with Gasteiger partial charge in [0.1, 0.15) is 0 Å². The zero-order chi connectivity index (χ0) is 19.3. The number of aromatic nitrogens is 2. The van der Waals surface area contributed by atoms with Gasteiger partial charge in [-0.05, 0) is 42.9 Å². The summed E-state index contributed by atoms with van der Waals surface area (Å²) in [6.07, 6.45) is 8.22. The number of hydrogen-bond acceptors (Lipinski definition) is 6. The van der Waals surface area contributed by atoms with Gasteiger partial charge in [-0.15, -0.1) is 0 Å². The minimum atomic E-state index is -3.28. The largest absolute Gasteiger partial charge is 0.381 e. The number of anilines is 1. The second-order valence-corrected chi connectivity index (χ2v) is 8.78. The van der Waals surface area contributed by atoms with Crippen LogP contribution in [0.1, 0.15) is 30.7 Å². The van der Waals surface area contributed by atoms with E-state index in [2.05, 4.69) is 15.3 Å². The van der Waals surface area contributed by atoms with Crippen molar-refractivity contribution in [3.8, 4) is 0 Å². The van der Waals surface area contributed by atoms with E-state index in [1.807, 2.05) is 0 Å². The number of ether oxygens (including phenoxy) is 1. The van der Waals surface area contributed by atoms with Gasteiger partial charge in [0.05, 0.1) is 17.0 Å². The van der Waals surface area contributed by atoms with Crippen LogP contribution >= 0.6 is 0 Å². The fourth-order valence-corrected chi connectivity index (χ4v) is 3.86. The smallest absolute Gasteiger partial charge is 0.233 e. The maximum Gasteiger partial charge on any atom is 0.233 e. The maximum atomic E-state index is 12.9. The summed E-state index contributed by atoms with van der Waals surface area (Å²) in [5.74, 6) is 0.205. The number of amides is 1. The molecule has 1 aromatic heterocycles. The van der Waals surface area contributed by atoms with Gasteiger partial charge in [0.25, 0.3) is 0 Å². The molecular weight excluding hydrogens is 366 g/mol. The third-order valence-electron chi connectivity index (χ3n) is 4.75. The molecule has 2 aromatic rings. The molecule has 144 valence electrons. The van der Waals surface area contributed by atoms with E-state index < -0.39 is 15.8 Å². The molecule has 1 aliphatic rings. The van der Waals surface area contributed by atoms with Gasteiger partial charge < -0.3 is 10.1 Å². The van der Waals surface area contributed by atoms with Crippen molar-refractivity contribution in [2.75, 3.05) is 24.8 Å². The van der Waals surface area contributed by atoms with E-state index in [-0.39, 0.29) is 10.8 Å². The molecule has 1 N–H and O–H groups in total. The summed E-state index contributed by atoms with van der Waals surface area (Å²) >= 11 is 0. The van der Waals surface area contributed by atoms with E-state index in [9.17, 15) is 13.2 Å². The van der Waals surface area contributed by atoms with Crippen LogP contribution in [0.25, 0.3) is 0 Å². The Hall–Kier alpha value is -2.32. The number of carbonyl (C=O) groups is 1. The van der Waals surface area contributed by atoms with Crippen molar-refractivity contribution < 1.29 is 17.9 Å². The molecule has 1 fully saturated rings. The lowest BCUT2D eigenvalue weighted by atomic mass is 9.84. The summed E-state index contributed by atoms with van der Waals surface area (Å²) in [5.41, 5.74) is 0.787. The number of sulfone groups is 1. The lowest BCUT2D eigenvalue weighted by Crippen LogP contribution is -2.26. The van der Waals surface area contributed by atoms with Crippen molar-refractivity contribution in [3.63, 3.8) is 0 Å². The SMILES string of the molecule is CS(=O)(=O)c1ccc(C(CC2CCOCC2)C(=O)Nc2cnccn2)cc1. The predicted molar refractivity (Wildman–Crippen MR) is 101 cm³/mol. The third-order valence-corrected chi connectivity index (χ3v) is 5.88. The molecule has 3 rings (SSSR count). The molecule has 1 amide bonds. The van der Waals surface area contributed by atoms with E-state index >= 15 is 0 Å². The molecule has 1 aromatic carbocycles. The van der Waals surface area contributed by atoms with E-state index in [1.165, 1.54) is 18.6 Å². The molecule has 1 aliphatic heterocycles. The molecule has 1 atom stereocenters. The lowest BCUT2D eigenvalue weighted by molar-refractivity contribution is -0.118. The molecule has 7 nitrogen and oxygen atoms in total. The Morgan fingerprint density at radius 3 is 2.52 bits per heavy atom. The van der Waals surface area contributed by atoms with Crippen molar-refractivity contribution >= 4 is 21.6 Å². The van der Waals surface area contributed by atoms with Crippen LogP contribution in [0.2, 0.25) is 0 Å². The third kappa shape index (κ3) is 5.33. The average Bonchev–Trinajstić information content (AvgIpc) is 2.67. The van der Waals surface area contributed by atoms with Crippen LogP contribution in [0.3, 0.4) is 0 Å². The Balaban J connectivity index is 1.83. The van der Waals surface area contributed by atoms with E-state index in [1.54, 1.807) is 30.5 Å². The Bertz CT molecular complexity index is 864. The highest BCUT2D eigenvalue weighted by atomic mass is 32.2. The normalized spacial score (nSPS) is 16.6. The molecule has 0 radical (unpaired) electrons. The number of carbonyl (C=O) groups excluding carboxylic acids is 1. The zero-order valence-electron chi connectivity index (χ0n) is 15.2. The molecule has 0 aliphatic carbocycles. The maximum absolute atomic E-state index is 12.9. The molecule has 1 saturated heterocycles. The lowest BCUT2D eigenvalue weighted by Gasteiger charge is -2.26. The topological polar surface area (TPSA) is 98.2 Å². The molecule has 27 heavy (non-hydrogen) atoms. The van der Waals surface area contributed by atoms with Crippen LogP contribution in [0.15, 0.2) is 47.8 Å². The summed E-state index contributed by atoms with van der Waals surface area (Å²) in [5, 5.41) is 2.81. The Morgan fingerprint density at radius 1 is 1.22 bits per heavy atom. The number of nitrogens with one attached hydrogen (secondary N) is 1. The predicted octanol–water partition coefficient (Wildman–Crippen LogP) is 2.42. The van der Waals surface area contributed by atoms with Crippen molar-refractivity contribution in [2.45, 2.75) is 30.1 Å². The second-order valence-electron chi connectivity index (χ2n) is 6.77. The molecule has 8 heteroatoms. The van der Waals surface area contributed by atoms with Gasteiger partial charge in [-0.25, -0.2) is 13.4 Å². The second kappa shape index (κ2) is 8.58. The Kier molecular flexibility index (Phi) is 6.18. The van der Waals surface area contributed by atoms with Gasteiger partial charge in [-0.1, -0.05) is 12.1 Å². The first-order chi connectivity index (χ1) is 12.9. The Labute approximate surface area is 159 Å². The number of nitrogens with zero attached hydrogens (tertiary/aromatic N) is 2. The minimum Gasteiger partial charge on any atom is -0.381 e. The van der Waals surface area contributed by atoms with E-state index in [0.29, 0.717) is 31.4 Å². The minimum absolute atomic E-state index is 0.172. The molecule has 1 unspecified atom stereocenters. The van der Waals surface area contributed by atoms with Gasteiger partial charge in [-0.2, -0.15) is 0 Å². The van der Waals surface area contributed by atoms with E-state index in [4.69, 9.17) is 4.74 Å². The zero-order valence-corrected chi connectivity index (χ0v) is 16.0. The number of rotatable bonds is 6. The molecule has 0 spiro atoms. The standard InChI is InChI=1S/C19H23N3O4S/c1-27(24,25)16-4-2-15(3-5-16)17(12-14-6-10-26-11-7-14)19(23)22-18-13-20-8-9-21-18/h2-5,8-9,13-14,17H,6-7,10-12H2,1H3,(H,21,22,23). The molecule has 2 heterocycles. The van der Waals surface area contributed by atoms with Gasteiger partial charge in [-0.3, -0.25) is 9.78 Å². The van der Waals surface area contributed by atoms with Crippen LogP contribution in [0.4, 0.5) is 5.82 Å². The van der Waals surface area contributed by atoms with Crippen molar-refractivity contribution in [3.05, 3.63) is 48.4 Å². The summed E-state index contributed by atoms with van der Waals surface area (Å²) in [6, 6.07) is 6.54. The van der Waals surface area contributed by atoms with Gasteiger partial charge in [0.2, 0.25) is 5.91 Å². The molecule has 0 saturated carbocycles. The average molecular weight is 389 g/mol. The first-order valence-electron chi connectivity index (χ1n) is 8.88. The first-order valence-corrected chi connectivity index (χ1v) is 10.8. The summed E-state index contributed by atoms with van der Waals surface area (Å²) in [6.45, 7) is 1.41. The van der Waals surface area contributed by atoms with Crippen LogP contribution in [-0.2, 0) is 19.4 Å². The van der Waals surface area contributed by atoms with E-state index in [0.717, 1.165) is 18.4 Å². The number of hydrogen-bond donors (Lipinski definition) is 1. The monoisotopic (exact) mass is 389 g/mol. The van der Waals surface area contributed by atoms with Gasteiger partial charge in [0.15, 0.2) is 15.7 Å². The van der Waals surface area contributed by atoms with Gasteiger partial charge in [0, 0.05) is 31.9 Å². The fourth-order valence-electron chi connectivity index (χ4n) is 3.23. The fraction of sp³-hybridized carbons (Fsp3) is 0.421. The number of benzene rings is 1. The van der Waals surface area contributed by atoms with Crippen molar-refractivity contribution in [1.82, 2.24) is 9.97 Å². The quantitative estimate of drug-likeness (QED) is 0.815. The highest BCUT2D eigenvalue weighted by Crippen LogP contribution is 2.31. The molecule has 0 bridgehead atoms. The van der Waals surface area contributed by atoms with Crippen LogP contribution < -0.4 is 5.32 Å². The van der Waals surface area contributed by atoms with Gasteiger partial charge >= 0.3 is 0 Å². The van der Waals surface area contributed by atoms with Crippen LogP contribution in [-0.4, -0.2) is 43.8 Å². The Morgan fingerprint density at radius 2 is 1.93 bits per heavy atom. The van der Waals surface area contributed by atoms with Crippen molar-refractivity contribution in [1.29, 1.82) is 0 Å². The van der Waals surface area contributed by atoms with Crippen LogP contribution in [0.5, 0.6) is 0 Å². The highest BCUT2D eigenvalue weighted by Gasteiger charge is 2.27. The van der Waals surface area contributed by atoms with Crippen molar-refractivity contribution in [2.24, 2.45) is 5.92 Å². The molecular formula is C19H23N3O4S. The van der Waals surface area contributed by atoms with Crippen LogP contribution in [0, 0.1) is 5.92 Å². The summed E-state index contributed by atoms with van der Waals surface area (Å²) < 4.78 is 28.8. The first kappa shape index (κ1) is 19.4. The summed E-state index contributed by atoms with van der Waals surface area (Å²) in [4.78, 5) is 21.2. The highest BCUT2D eigenvalue weighted by molar-refractivity contribution is 7.90.